The highest BCUT2D eigenvalue weighted by Gasteiger charge is 2.30. The summed E-state index contributed by atoms with van der Waals surface area (Å²) in [6.07, 6.45) is 0.148. The molecule has 1 aliphatic rings. The second-order valence-corrected chi connectivity index (χ2v) is 4.85. The zero-order chi connectivity index (χ0) is 13.1. The van der Waals surface area contributed by atoms with Crippen LogP contribution in [0.15, 0.2) is 18.2 Å². The summed E-state index contributed by atoms with van der Waals surface area (Å²) in [5, 5.41) is 5.78. The topological polar surface area (TPSA) is 41.1 Å². The molecule has 0 spiro atoms. The summed E-state index contributed by atoms with van der Waals surface area (Å²) in [7, 11) is 0. The molecule has 1 aromatic carbocycles. The van der Waals surface area contributed by atoms with Gasteiger partial charge >= 0.3 is 0 Å². The number of hydrogen-bond acceptors (Lipinski definition) is 2. The number of piperidine rings is 1. The van der Waals surface area contributed by atoms with E-state index in [1.54, 1.807) is 0 Å². The van der Waals surface area contributed by atoms with Crippen molar-refractivity contribution >= 4 is 11.6 Å². The molecule has 1 aliphatic heterocycles. The Kier molecular flexibility index (Phi) is 3.97. The van der Waals surface area contributed by atoms with E-state index in [0.717, 1.165) is 23.2 Å². The summed E-state index contributed by atoms with van der Waals surface area (Å²) in [4.78, 5) is 12.1. The minimum atomic E-state index is -1.09. The van der Waals surface area contributed by atoms with Crippen molar-refractivity contribution in [3.63, 3.8) is 0 Å². The van der Waals surface area contributed by atoms with Crippen LogP contribution in [0.2, 0.25) is 0 Å². The van der Waals surface area contributed by atoms with Gasteiger partial charge in [-0.1, -0.05) is 18.2 Å². The Balaban J connectivity index is 2.11. The van der Waals surface area contributed by atoms with Crippen molar-refractivity contribution in [3.05, 3.63) is 29.3 Å². The van der Waals surface area contributed by atoms with Crippen molar-refractivity contribution in [2.45, 2.75) is 38.9 Å². The molecule has 18 heavy (non-hydrogen) atoms. The summed E-state index contributed by atoms with van der Waals surface area (Å²) in [5.41, 5.74) is 2.78. The number of hydrogen-bond donors (Lipinski definition) is 2. The van der Waals surface area contributed by atoms with E-state index < -0.39 is 12.2 Å². The molecular formula is C14H19FN2O. The number of carbonyl (C=O) groups excluding carboxylic acids is 1. The van der Waals surface area contributed by atoms with Crippen molar-refractivity contribution in [2.75, 3.05) is 11.9 Å². The van der Waals surface area contributed by atoms with Crippen LogP contribution in [0.1, 0.15) is 24.0 Å². The maximum atomic E-state index is 13.7. The minimum absolute atomic E-state index is 0.278. The van der Waals surface area contributed by atoms with Crippen molar-refractivity contribution < 1.29 is 9.18 Å². The second kappa shape index (κ2) is 5.48. The predicted octanol–water partition coefficient (Wildman–Crippen LogP) is 2.33. The SMILES string of the molecule is Cc1cccc(C)c1NC(=O)[C@H]1NCCC[C@H]1F. The molecule has 1 aromatic rings. The monoisotopic (exact) mass is 250 g/mol. The molecule has 1 amide bonds. The van der Waals surface area contributed by atoms with Crippen molar-refractivity contribution in [2.24, 2.45) is 0 Å². The summed E-state index contributed by atoms with van der Waals surface area (Å²) >= 11 is 0. The van der Waals surface area contributed by atoms with Gasteiger partial charge in [-0.25, -0.2) is 4.39 Å². The van der Waals surface area contributed by atoms with Gasteiger partial charge in [0.2, 0.25) is 5.91 Å². The van der Waals surface area contributed by atoms with E-state index in [2.05, 4.69) is 10.6 Å². The largest absolute Gasteiger partial charge is 0.324 e. The van der Waals surface area contributed by atoms with Crippen LogP contribution in [-0.2, 0) is 4.79 Å². The van der Waals surface area contributed by atoms with Gasteiger partial charge < -0.3 is 10.6 Å². The number of halogens is 1. The fourth-order valence-electron chi connectivity index (χ4n) is 2.32. The Bertz CT molecular complexity index is 427. The van der Waals surface area contributed by atoms with E-state index in [9.17, 15) is 9.18 Å². The Morgan fingerprint density at radius 3 is 2.67 bits per heavy atom. The normalized spacial score (nSPS) is 23.7. The summed E-state index contributed by atoms with van der Waals surface area (Å²) in [6.45, 7) is 4.57. The van der Waals surface area contributed by atoms with Gasteiger partial charge in [0.25, 0.3) is 0 Å². The highest BCUT2D eigenvalue weighted by Crippen LogP contribution is 2.21. The minimum Gasteiger partial charge on any atom is -0.324 e. The van der Waals surface area contributed by atoms with Gasteiger partial charge in [0.15, 0.2) is 0 Å². The first-order valence-electron chi connectivity index (χ1n) is 6.34. The number of nitrogens with one attached hydrogen (secondary N) is 2. The molecule has 2 N–H and O–H groups in total. The van der Waals surface area contributed by atoms with Crippen LogP contribution in [-0.4, -0.2) is 24.7 Å². The molecular weight excluding hydrogens is 231 g/mol. The van der Waals surface area contributed by atoms with Crippen molar-refractivity contribution in [1.29, 1.82) is 0 Å². The first kappa shape index (κ1) is 13.0. The number of alkyl halides is 1. The first-order valence-corrected chi connectivity index (χ1v) is 6.34. The summed E-state index contributed by atoms with van der Waals surface area (Å²) in [5.74, 6) is -0.278. The lowest BCUT2D eigenvalue weighted by molar-refractivity contribution is -0.120. The molecule has 1 fully saturated rings. The molecule has 98 valence electrons. The van der Waals surface area contributed by atoms with Crippen LogP contribution in [0, 0.1) is 13.8 Å². The van der Waals surface area contributed by atoms with Crippen LogP contribution >= 0.6 is 0 Å². The quantitative estimate of drug-likeness (QED) is 0.846. The number of rotatable bonds is 2. The lowest BCUT2D eigenvalue weighted by atomic mass is 10.0. The molecule has 1 heterocycles. The average Bonchev–Trinajstić information content (AvgIpc) is 2.34. The maximum absolute atomic E-state index is 13.7. The number of carbonyl (C=O) groups is 1. The number of amides is 1. The molecule has 0 unspecified atom stereocenters. The number of para-hydroxylation sites is 1. The molecule has 2 rings (SSSR count). The van der Waals surface area contributed by atoms with Gasteiger partial charge in [-0.3, -0.25) is 4.79 Å². The highest BCUT2D eigenvalue weighted by molar-refractivity contribution is 5.96. The Labute approximate surface area is 107 Å². The molecule has 0 aliphatic carbocycles. The van der Waals surface area contributed by atoms with Gasteiger partial charge in [-0.2, -0.15) is 0 Å². The van der Waals surface area contributed by atoms with E-state index in [0.29, 0.717) is 13.0 Å². The lowest BCUT2D eigenvalue weighted by Crippen LogP contribution is -2.50. The van der Waals surface area contributed by atoms with Crippen LogP contribution < -0.4 is 10.6 Å². The van der Waals surface area contributed by atoms with E-state index in [1.807, 2.05) is 32.0 Å². The average molecular weight is 250 g/mol. The standard InChI is InChI=1S/C14H19FN2O/c1-9-5-3-6-10(2)12(9)17-14(18)13-11(15)7-4-8-16-13/h3,5-6,11,13,16H,4,7-8H2,1-2H3,(H,17,18)/t11-,13+/m1/s1. The van der Waals surface area contributed by atoms with E-state index in [-0.39, 0.29) is 5.91 Å². The van der Waals surface area contributed by atoms with Gasteiger partial charge in [0.1, 0.15) is 12.2 Å². The molecule has 0 bridgehead atoms. The molecule has 3 nitrogen and oxygen atoms in total. The third-order valence-electron chi connectivity index (χ3n) is 3.39. The van der Waals surface area contributed by atoms with E-state index in [1.165, 1.54) is 0 Å². The van der Waals surface area contributed by atoms with E-state index in [4.69, 9.17) is 0 Å². The fraction of sp³-hybridized carbons (Fsp3) is 0.500. The zero-order valence-corrected chi connectivity index (χ0v) is 10.8. The molecule has 4 heteroatoms. The third kappa shape index (κ3) is 2.70. The van der Waals surface area contributed by atoms with Crippen LogP contribution in [0.3, 0.4) is 0 Å². The molecule has 0 saturated carbocycles. The Morgan fingerprint density at radius 2 is 2.06 bits per heavy atom. The highest BCUT2D eigenvalue weighted by atomic mass is 19.1. The maximum Gasteiger partial charge on any atom is 0.244 e. The molecule has 0 radical (unpaired) electrons. The number of anilines is 1. The zero-order valence-electron chi connectivity index (χ0n) is 10.8. The summed E-state index contributed by atoms with van der Waals surface area (Å²) in [6, 6.07) is 5.09. The number of aryl methyl sites for hydroxylation is 2. The number of benzene rings is 1. The third-order valence-corrected chi connectivity index (χ3v) is 3.39. The van der Waals surface area contributed by atoms with Gasteiger partial charge in [-0.15, -0.1) is 0 Å². The van der Waals surface area contributed by atoms with Crippen LogP contribution in [0.4, 0.5) is 10.1 Å². The second-order valence-electron chi connectivity index (χ2n) is 4.85. The summed E-state index contributed by atoms with van der Waals surface area (Å²) < 4.78 is 13.7. The predicted molar refractivity (Wildman–Crippen MR) is 70.5 cm³/mol. The van der Waals surface area contributed by atoms with Gasteiger partial charge in [-0.05, 0) is 44.4 Å². The molecule has 2 atom stereocenters. The molecule has 0 aromatic heterocycles. The smallest absolute Gasteiger partial charge is 0.244 e. The van der Waals surface area contributed by atoms with Crippen molar-refractivity contribution in [3.8, 4) is 0 Å². The Hall–Kier alpha value is -1.42. The first-order chi connectivity index (χ1) is 8.59. The fourth-order valence-corrected chi connectivity index (χ4v) is 2.32. The lowest BCUT2D eigenvalue weighted by Gasteiger charge is -2.26. The van der Waals surface area contributed by atoms with Crippen LogP contribution in [0.25, 0.3) is 0 Å². The van der Waals surface area contributed by atoms with E-state index >= 15 is 0 Å². The van der Waals surface area contributed by atoms with Crippen molar-refractivity contribution in [1.82, 2.24) is 5.32 Å². The molecule has 1 saturated heterocycles. The van der Waals surface area contributed by atoms with Crippen LogP contribution in [0.5, 0.6) is 0 Å². The Morgan fingerprint density at radius 1 is 1.39 bits per heavy atom. The van der Waals surface area contributed by atoms with Gasteiger partial charge in [0.05, 0.1) is 0 Å². The van der Waals surface area contributed by atoms with Gasteiger partial charge in [0, 0.05) is 5.69 Å².